The largest absolute Gasteiger partial charge is 0.480 e. The first-order chi connectivity index (χ1) is 8.09. The van der Waals surface area contributed by atoms with E-state index in [1.807, 2.05) is 0 Å². The molecule has 0 aliphatic carbocycles. The van der Waals surface area contributed by atoms with Crippen LogP contribution < -0.4 is 16.0 Å². The zero-order valence-corrected chi connectivity index (χ0v) is 10.0. The Bertz CT molecular complexity index is 266. The summed E-state index contributed by atoms with van der Waals surface area (Å²) in [5.41, 5.74) is 0. The summed E-state index contributed by atoms with van der Waals surface area (Å²) in [5.74, 6) is -1.04. The number of carbonyl (C=O) groups is 2. The highest BCUT2D eigenvalue weighted by Crippen LogP contribution is 1.90. The van der Waals surface area contributed by atoms with Crippen LogP contribution in [0.5, 0.6) is 0 Å². The van der Waals surface area contributed by atoms with Gasteiger partial charge in [-0.1, -0.05) is 0 Å². The molecule has 4 N–H and O–H groups in total. The molecule has 7 heteroatoms. The molecule has 17 heavy (non-hydrogen) atoms. The van der Waals surface area contributed by atoms with Crippen LogP contribution in [-0.2, 0) is 4.79 Å². The summed E-state index contributed by atoms with van der Waals surface area (Å²) in [5, 5.41) is 16.8. The van der Waals surface area contributed by atoms with Gasteiger partial charge < -0.3 is 21.1 Å². The van der Waals surface area contributed by atoms with E-state index in [1.165, 1.54) is 6.92 Å². The number of carbonyl (C=O) groups excluding carboxylic acids is 1. The maximum Gasteiger partial charge on any atom is 0.325 e. The fourth-order valence-electron chi connectivity index (χ4n) is 1.57. The van der Waals surface area contributed by atoms with Gasteiger partial charge in [0, 0.05) is 39.3 Å². The number of rotatable bonds is 5. The zero-order chi connectivity index (χ0) is 12.7. The van der Waals surface area contributed by atoms with Crippen molar-refractivity contribution in [2.24, 2.45) is 0 Å². The zero-order valence-electron chi connectivity index (χ0n) is 10.0. The van der Waals surface area contributed by atoms with Gasteiger partial charge in [-0.15, -0.1) is 0 Å². The van der Waals surface area contributed by atoms with E-state index in [-0.39, 0.29) is 0 Å². The summed E-state index contributed by atoms with van der Waals surface area (Å²) >= 11 is 0. The molecule has 0 aromatic rings. The van der Waals surface area contributed by atoms with Gasteiger partial charge in [-0.05, 0) is 6.92 Å². The van der Waals surface area contributed by atoms with Crippen molar-refractivity contribution in [2.45, 2.75) is 13.0 Å². The lowest BCUT2D eigenvalue weighted by molar-refractivity contribution is -0.138. The molecule has 0 bridgehead atoms. The normalized spacial score (nSPS) is 18.4. The first-order valence-corrected chi connectivity index (χ1v) is 5.80. The van der Waals surface area contributed by atoms with Crippen LogP contribution in [0, 0.1) is 0 Å². The highest BCUT2D eigenvalue weighted by atomic mass is 16.4. The van der Waals surface area contributed by atoms with Crippen LogP contribution >= 0.6 is 0 Å². The van der Waals surface area contributed by atoms with Gasteiger partial charge in [0.1, 0.15) is 6.04 Å². The maximum atomic E-state index is 11.3. The van der Waals surface area contributed by atoms with Crippen molar-refractivity contribution < 1.29 is 14.7 Å². The van der Waals surface area contributed by atoms with Gasteiger partial charge in [-0.2, -0.15) is 0 Å². The van der Waals surface area contributed by atoms with Crippen molar-refractivity contribution in [3.05, 3.63) is 0 Å². The van der Waals surface area contributed by atoms with Crippen LogP contribution in [0.3, 0.4) is 0 Å². The Morgan fingerprint density at radius 2 is 2.06 bits per heavy atom. The number of carboxylic acids is 1. The lowest BCUT2D eigenvalue weighted by Crippen LogP contribution is -2.49. The highest BCUT2D eigenvalue weighted by Gasteiger charge is 2.14. The summed E-state index contributed by atoms with van der Waals surface area (Å²) < 4.78 is 0. The van der Waals surface area contributed by atoms with Gasteiger partial charge in [-0.25, -0.2) is 4.79 Å². The van der Waals surface area contributed by atoms with E-state index in [0.717, 1.165) is 32.7 Å². The van der Waals surface area contributed by atoms with E-state index in [1.54, 1.807) is 0 Å². The molecule has 1 aliphatic rings. The van der Waals surface area contributed by atoms with E-state index in [0.29, 0.717) is 6.54 Å². The molecule has 1 saturated heterocycles. The van der Waals surface area contributed by atoms with E-state index < -0.39 is 18.0 Å². The third-order valence-corrected chi connectivity index (χ3v) is 2.64. The molecule has 1 heterocycles. The standard InChI is InChI=1S/C10H20N4O3/c1-8(9(15)16)13-10(17)12-4-7-14-5-2-11-3-6-14/h8,11H,2-7H2,1H3,(H,15,16)(H2,12,13,17). The molecule has 7 nitrogen and oxygen atoms in total. The minimum atomic E-state index is -1.04. The van der Waals surface area contributed by atoms with Crippen molar-refractivity contribution >= 4 is 12.0 Å². The Balaban J connectivity index is 2.09. The number of piperazine rings is 1. The second-order valence-corrected chi connectivity index (χ2v) is 4.05. The number of carboxylic acid groups (broad SMARTS) is 1. The van der Waals surface area contributed by atoms with Crippen LogP contribution in [0.15, 0.2) is 0 Å². The third kappa shape index (κ3) is 5.50. The number of hydrogen-bond acceptors (Lipinski definition) is 4. The van der Waals surface area contributed by atoms with Gasteiger partial charge in [0.2, 0.25) is 0 Å². The summed E-state index contributed by atoms with van der Waals surface area (Å²) in [7, 11) is 0. The summed E-state index contributed by atoms with van der Waals surface area (Å²) in [6, 6.07) is -1.30. The van der Waals surface area contributed by atoms with Crippen molar-refractivity contribution in [3.63, 3.8) is 0 Å². The van der Waals surface area contributed by atoms with Gasteiger partial charge in [0.05, 0.1) is 0 Å². The van der Waals surface area contributed by atoms with E-state index in [9.17, 15) is 9.59 Å². The number of urea groups is 1. The van der Waals surface area contributed by atoms with Gasteiger partial charge >= 0.3 is 12.0 Å². The summed E-state index contributed by atoms with van der Waals surface area (Å²) in [6.45, 7) is 6.65. The van der Waals surface area contributed by atoms with Crippen molar-refractivity contribution in [2.75, 3.05) is 39.3 Å². The number of nitrogens with zero attached hydrogens (tertiary/aromatic N) is 1. The highest BCUT2D eigenvalue weighted by molar-refractivity contribution is 5.82. The Morgan fingerprint density at radius 3 is 2.65 bits per heavy atom. The minimum Gasteiger partial charge on any atom is -0.480 e. The van der Waals surface area contributed by atoms with Crippen LogP contribution in [0.2, 0.25) is 0 Å². The lowest BCUT2D eigenvalue weighted by atomic mass is 10.3. The quantitative estimate of drug-likeness (QED) is 0.480. The average Bonchev–Trinajstić information content (AvgIpc) is 2.30. The smallest absolute Gasteiger partial charge is 0.325 e. The Morgan fingerprint density at radius 1 is 1.41 bits per heavy atom. The molecule has 1 rings (SSSR count). The molecule has 1 unspecified atom stereocenters. The van der Waals surface area contributed by atoms with Crippen LogP contribution in [0.1, 0.15) is 6.92 Å². The predicted octanol–water partition coefficient (Wildman–Crippen LogP) is -1.34. The molecule has 0 aromatic heterocycles. The van der Waals surface area contributed by atoms with Gasteiger partial charge in [0.15, 0.2) is 0 Å². The van der Waals surface area contributed by atoms with Crippen LogP contribution in [0.4, 0.5) is 4.79 Å². The molecular formula is C10H20N4O3. The van der Waals surface area contributed by atoms with Gasteiger partial charge in [-0.3, -0.25) is 9.69 Å². The molecule has 1 atom stereocenters. The molecule has 1 aliphatic heterocycles. The monoisotopic (exact) mass is 244 g/mol. The SMILES string of the molecule is CC(NC(=O)NCCN1CCNCC1)C(=O)O. The molecule has 1 fully saturated rings. The van der Waals surface area contributed by atoms with Gasteiger partial charge in [0.25, 0.3) is 0 Å². The van der Waals surface area contributed by atoms with Crippen molar-refractivity contribution in [3.8, 4) is 0 Å². The Kier molecular flexibility index (Phi) is 5.71. The van der Waals surface area contributed by atoms with E-state index in [2.05, 4.69) is 20.9 Å². The van der Waals surface area contributed by atoms with Crippen LogP contribution in [0.25, 0.3) is 0 Å². The van der Waals surface area contributed by atoms with Crippen molar-refractivity contribution in [1.82, 2.24) is 20.9 Å². The molecule has 2 amide bonds. The minimum absolute atomic E-state index is 0.435. The molecule has 98 valence electrons. The first-order valence-electron chi connectivity index (χ1n) is 5.80. The van der Waals surface area contributed by atoms with E-state index in [4.69, 9.17) is 5.11 Å². The number of amides is 2. The van der Waals surface area contributed by atoms with Crippen molar-refractivity contribution in [1.29, 1.82) is 0 Å². The molecular weight excluding hydrogens is 224 g/mol. The molecule has 0 saturated carbocycles. The Labute approximate surface area is 101 Å². The second kappa shape index (κ2) is 7.08. The number of aliphatic carboxylic acids is 1. The van der Waals surface area contributed by atoms with Crippen LogP contribution in [-0.4, -0.2) is 67.3 Å². The first kappa shape index (κ1) is 13.7. The molecule has 0 radical (unpaired) electrons. The van der Waals surface area contributed by atoms with E-state index >= 15 is 0 Å². The average molecular weight is 244 g/mol. The number of hydrogen-bond donors (Lipinski definition) is 4. The second-order valence-electron chi connectivity index (χ2n) is 4.05. The predicted molar refractivity (Wildman–Crippen MR) is 62.9 cm³/mol. The summed E-state index contributed by atoms with van der Waals surface area (Å²) in [6.07, 6.45) is 0. The summed E-state index contributed by atoms with van der Waals surface area (Å²) in [4.78, 5) is 24.0. The Hall–Kier alpha value is -1.34. The topological polar surface area (TPSA) is 93.7 Å². The lowest BCUT2D eigenvalue weighted by Gasteiger charge is -2.27. The molecule has 0 aromatic carbocycles. The fraction of sp³-hybridized carbons (Fsp3) is 0.800. The molecule has 0 spiro atoms. The maximum absolute atomic E-state index is 11.3. The fourth-order valence-corrected chi connectivity index (χ4v) is 1.57. The third-order valence-electron chi connectivity index (χ3n) is 2.64. The number of nitrogens with one attached hydrogen (secondary N) is 3.